The van der Waals surface area contributed by atoms with Gasteiger partial charge < -0.3 is 23.3 Å². The van der Waals surface area contributed by atoms with Crippen molar-refractivity contribution >= 4 is 7.91 Å². The van der Waals surface area contributed by atoms with Crippen LogP contribution in [0.25, 0.3) is 0 Å². The minimum atomic E-state index is -5.64. The van der Waals surface area contributed by atoms with Gasteiger partial charge in [-0.3, -0.25) is 0 Å². The summed E-state index contributed by atoms with van der Waals surface area (Å²) in [6.07, 6.45) is 2.60. The standard InChI is InChI=1S/2C10H24N.FH2O3P/c2*1-6-10(5)11(7-2,8-3)9-4;1-5(2,3)4/h2*10H,6-9H2,1-5H3;(H2,2,3,4)/q2*+1;/p-2. The fourth-order valence-corrected chi connectivity index (χ4v) is 3.99. The van der Waals surface area contributed by atoms with Crippen LogP contribution in [-0.4, -0.2) is 60.3 Å². The third kappa shape index (κ3) is 13.0. The molecule has 0 aromatic rings. The van der Waals surface area contributed by atoms with Gasteiger partial charge in [-0.15, -0.1) is 0 Å². The first-order valence-electron chi connectivity index (χ1n) is 10.8. The minimum absolute atomic E-state index is 0.829. The highest BCUT2D eigenvalue weighted by Crippen LogP contribution is 2.22. The van der Waals surface area contributed by atoms with E-state index in [4.69, 9.17) is 14.4 Å². The Morgan fingerprint density at radius 1 is 0.667 bits per heavy atom. The number of rotatable bonds is 10. The Bertz CT molecular complexity index is 333. The van der Waals surface area contributed by atoms with E-state index in [0.717, 1.165) is 12.1 Å². The Kier molecular flexibility index (Phi) is 18.6. The fraction of sp³-hybridized carbons (Fsp3) is 1.00. The molecular weight excluding hydrogens is 366 g/mol. The molecule has 0 heterocycles. The molecule has 0 fully saturated rings. The summed E-state index contributed by atoms with van der Waals surface area (Å²) in [7, 11) is -5.64. The zero-order valence-corrected chi connectivity index (χ0v) is 20.7. The highest BCUT2D eigenvalue weighted by atomic mass is 31.2. The fourth-order valence-electron chi connectivity index (χ4n) is 3.99. The van der Waals surface area contributed by atoms with Crippen molar-refractivity contribution in [1.82, 2.24) is 0 Å². The number of quaternary nitrogens is 2. The normalized spacial score (nSPS) is 14.4. The molecule has 5 nitrogen and oxygen atoms in total. The van der Waals surface area contributed by atoms with E-state index in [2.05, 4.69) is 69.2 Å². The summed E-state index contributed by atoms with van der Waals surface area (Å²) in [5, 5.41) is 0. The molecule has 0 spiro atoms. The highest BCUT2D eigenvalue weighted by molar-refractivity contribution is 7.42. The summed E-state index contributed by atoms with van der Waals surface area (Å²) in [6.45, 7) is 30.8. The molecule has 168 valence electrons. The molecular formula is C20H48FN2O3P. The summed E-state index contributed by atoms with van der Waals surface area (Å²) in [5.74, 6) is 0. The molecule has 0 aromatic carbocycles. The molecule has 0 saturated heterocycles. The van der Waals surface area contributed by atoms with Crippen LogP contribution in [-0.2, 0) is 4.57 Å². The van der Waals surface area contributed by atoms with Crippen molar-refractivity contribution in [1.29, 1.82) is 0 Å². The van der Waals surface area contributed by atoms with Gasteiger partial charge in [0, 0.05) is 0 Å². The van der Waals surface area contributed by atoms with Crippen LogP contribution in [0.4, 0.5) is 4.20 Å². The maximum Gasteiger partial charge on any atom is 0.110 e. The van der Waals surface area contributed by atoms with E-state index in [0.29, 0.717) is 0 Å². The molecule has 0 aromatic heterocycles. The van der Waals surface area contributed by atoms with Gasteiger partial charge in [0.2, 0.25) is 0 Å². The summed E-state index contributed by atoms with van der Waals surface area (Å²) in [4.78, 5) is 16.9. The molecule has 0 bridgehead atoms. The number of hydrogen-bond acceptors (Lipinski definition) is 3. The van der Waals surface area contributed by atoms with Crippen molar-refractivity contribution in [3.05, 3.63) is 0 Å². The van der Waals surface area contributed by atoms with Crippen molar-refractivity contribution in [2.24, 2.45) is 0 Å². The predicted octanol–water partition coefficient (Wildman–Crippen LogP) is 4.11. The van der Waals surface area contributed by atoms with E-state index in [1.54, 1.807) is 0 Å². The maximum absolute atomic E-state index is 10.1. The van der Waals surface area contributed by atoms with Gasteiger partial charge in [-0.05, 0) is 68.2 Å². The van der Waals surface area contributed by atoms with Crippen molar-refractivity contribution in [2.75, 3.05) is 39.3 Å². The SMILES string of the molecule is CCC(C)[N+](CC)(CC)CC.CCC(C)[N+](CC)(CC)CC.O=P([O-])([O-])F. The van der Waals surface area contributed by atoms with Crippen LogP contribution >= 0.6 is 7.91 Å². The van der Waals surface area contributed by atoms with E-state index in [1.165, 1.54) is 61.1 Å². The molecule has 0 aliphatic heterocycles. The maximum atomic E-state index is 10.1. The Labute approximate surface area is 169 Å². The Morgan fingerprint density at radius 3 is 0.852 bits per heavy atom. The topological polar surface area (TPSA) is 63.2 Å². The average Bonchev–Trinajstić information content (AvgIpc) is 2.64. The van der Waals surface area contributed by atoms with Crippen LogP contribution in [0.15, 0.2) is 0 Å². The van der Waals surface area contributed by atoms with Crippen LogP contribution in [0.5, 0.6) is 0 Å². The number of hydrogen-bond donors (Lipinski definition) is 0. The first kappa shape index (κ1) is 31.7. The van der Waals surface area contributed by atoms with E-state index >= 15 is 0 Å². The van der Waals surface area contributed by atoms with Gasteiger partial charge in [0.1, 0.15) is 7.91 Å². The number of nitrogens with zero attached hydrogens (tertiary/aromatic N) is 2. The van der Waals surface area contributed by atoms with Crippen molar-refractivity contribution in [3.63, 3.8) is 0 Å². The van der Waals surface area contributed by atoms with Crippen LogP contribution in [0.2, 0.25) is 0 Å². The lowest BCUT2D eigenvalue weighted by Crippen LogP contribution is -2.53. The highest BCUT2D eigenvalue weighted by Gasteiger charge is 2.27. The van der Waals surface area contributed by atoms with Crippen LogP contribution in [0.3, 0.4) is 0 Å². The Balaban J connectivity index is -0.000000344. The van der Waals surface area contributed by atoms with Crippen molar-refractivity contribution in [2.45, 2.75) is 94.2 Å². The first-order valence-corrected chi connectivity index (χ1v) is 12.2. The van der Waals surface area contributed by atoms with Crippen LogP contribution in [0.1, 0.15) is 82.1 Å². The lowest BCUT2D eigenvalue weighted by Gasteiger charge is -2.41. The molecule has 2 atom stereocenters. The van der Waals surface area contributed by atoms with Crippen molar-refractivity contribution < 1.29 is 27.5 Å². The summed E-state index contributed by atoms with van der Waals surface area (Å²) >= 11 is 0. The molecule has 7 heteroatoms. The molecule has 0 N–H and O–H groups in total. The monoisotopic (exact) mass is 414 g/mol. The third-order valence-electron chi connectivity index (χ3n) is 6.83. The summed E-state index contributed by atoms with van der Waals surface area (Å²) < 4.78 is 21.1. The van der Waals surface area contributed by atoms with Gasteiger partial charge in [-0.2, -0.15) is 0 Å². The lowest BCUT2D eigenvalue weighted by molar-refractivity contribution is -0.945. The van der Waals surface area contributed by atoms with E-state index in [9.17, 15) is 4.20 Å². The van der Waals surface area contributed by atoms with Gasteiger partial charge in [-0.1, -0.05) is 13.8 Å². The molecule has 0 amide bonds. The lowest BCUT2D eigenvalue weighted by atomic mass is 10.1. The molecule has 0 rings (SSSR count). The van der Waals surface area contributed by atoms with Gasteiger partial charge in [0.15, 0.2) is 0 Å². The van der Waals surface area contributed by atoms with E-state index < -0.39 is 7.91 Å². The summed E-state index contributed by atoms with van der Waals surface area (Å²) in [6, 6.07) is 1.66. The number of halogens is 1. The molecule has 0 radical (unpaired) electrons. The predicted molar refractivity (Wildman–Crippen MR) is 112 cm³/mol. The first-order chi connectivity index (χ1) is 12.3. The molecule has 27 heavy (non-hydrogen) atoms. The van der Waals surface area contributed by atoms with Gasteiger partial charge in [0.25, 0.3) is 0 Å². The average molecular weight is 415 g/mol. The quantitative estimate of drug-likeness (QED) is 0.399. The van der Waals surface area contributed by atoms with Gasteiger partial charge in [-0.25, -0.2) is 4.20 Å². The second-order valence-electron chi connectivity index (χ2n) is 7.28. The van der Waals surface area contributed by atoms with E-state index in [-0.39, 0.29) is 0 Å². The Morgan fingerprint density at radius 2 is 0.815 bits per heavy atom. The molecule has 0 aliphatic rings. The largest absolute Gasteiger partial charge is 0.786 e. The second-order valence-corrected chi connectivity index (χ2v) is 8.14. The smallest absolute Gasteiger partial charge is 0.110 e. The molecule has 0 saturated carbocycles. The Hall–Kier alpha value is -0.0000000000000000555. The van der Waals surface area contributed by atoms with Gasteiger partial charge >= 0.3 is 0 Å². The second kappa shape index (κ2) is 15.9. The van der Waals surface area contributed by atoms with Gasteiger partial charge in [0.05, 0.1) is 51.4 Å². The third-order valence-corrected chi connectivity index (χ3v) is 6.83. The minimum Gasteiger partial charge on any atom is -0.786 e. The van der Waals surface area contributed by atoms with Crippen LogP contribution < -0.4 is 9.79 Å². The van der Waals surface area contributed by atoms with E-state index in [1.807, 2.05) is 0 Å². The van der Waals surface area contributed by atoms with Crippen LogP contribution in [0, 0.1) is 0 Å². The zero-order chi connectivity index (χ0) is 22.3. The zero-order valence-electron chi connectivity index (χ0n) is 19.8. The molecule has 2 unspecified atom stereocenters. The summed E-state index contributed by atoms with van der Waals surface area (Å²) in [5.41, 5.74) is 0. The van der Waals surface area contributed by atoms with Crippen molar-refractivity contribution in [3.8, 4) is 0 Å². The molecule has 0 aliphatic carbocycles.